The molecule has 2 aliphatic heterocycles. The van der Waals surface area contributed by atoms with Gasteiger partial charge in [-0.15, -0.1) is 10.2 Å². The van der Waals surface area contributed by atoms with Crippen LogP contribution in [0.5, 0.6) is 0 Å². The van der Waals surface area contributed by atoms with Crippen molar-refractivity contribution in [3.05, 3.63) is 46.1 Å². The number of aryl methyl sites for hydroxylation is 1. The average molecular weight is 351 g/mol. The monoisotopic (exact) mass is 350 g/mol. The van der Waals surface area contributed by atoms with Gasteiger partial charge in [0.25, 0.3) is 5.89 Å². The van der Waals surface area contributed by atoms with Crippen molar-refractivity contribution >= 4 is 11.6 Å². The lowest BCUT2D eigenvalue weighted by molar-refractivity contribution is 0.144. The molecule has 2 saturated heterocycles. The molecular formula is C17H20ClFN4O. The Balaban J connectivity index is 1.65. The average Bonchev–Trinajstić information content (AvgIpc) is 3.15. The Morgan fingerprint density at radius 2 is 2.04 bits per heavy atom. The van der Waals surface area contributed by atoms with Crippen LogP contribution in [-0.4, -0.2) is 36.4 Å². The van der Waals surface area contributed by atoms with Crippen LogP contribution in [0.2, 0.25) is 5.02 Å². The summed E-state index contributed by atoms with van der Waals surface area (Å²) in [5, 5.41) is 15.4. The van der Waals surface area contributed by atoms with Gasteiger partial charge in [0.05, 0.1) is 5.92 Å². The molecule has 2 atom stereocenters. The van der Waals surface area contributed by atoms with Crippen LogP contribution in [0.15, 0.2) is 22.6 Å². The maximum absolute atomic E-state index is 15.4. The summed E-state index contributed by atoms with van der Waals surface area (Å²) < 4.78 is 21.2. The lowest BCUT2D eigenvalue weighted by Crippen LogP contribution is -2.57. The molecule has 0 bridgehead atoms. The first-order valence-corrected chi connectivity index (χ1v) is 8.51. The highest BCUT2D eigenvalue weighted by Gasteiger charge is 2.51. The Kier molecular flexibility index (Phi) is 3.67. The second-order valence-corrected chi connectivity index (χ2v) is 7.47. The van der Waals surface area contributed by atoms with Crippen molar-refractivity contribution in [2.24, 2.45) is 5.41 Å². The van der Waals surface area contributed by atoms with Gasteiger partial charge in [-0.25, -0.2) is 4.39 Å². The predicted molar refractivity (Wildman–Crippen MR) is 89.0 cm³/mol. The van der Waals surface area contributed by atoms with Gasteiger partial charge < -0.3 is 15.1 Å². The topological polar surface area (TPSA) is 63.0 Å². The van der Waals surface area contributed by atoms with E-state index >= 15 is 4.39 Å². The molecule has 2 aliphatic rings. The van der Waals surface area contributed by atoms with Gasteiger partial charge in [-0.2, -0.15) is 0 Å². The zero-order valence-corrected chi connectivity index (χ0v) is 14.5. The molecule has 0 aliphatic carbocycles. The number of rotatable bonds is 3. The molecule has 0 saturated carbocycles. The Bertz CT molecular complexity index is 772. The Hall–Kier alpha value is -1.50. The summed E-state index contributed by atoms with van der Waals surface area (Å²) in [6.07, 6.45) is 0. The summed E-state index contributed by atoms with van der Waals surface area (Å²) >= 11 is 6.13. The van der Waals surface area contributed by atoms with E-state index in [4.69, 9.17) is 16.0 Å². The van der Waals surface area contributed by atoms with E-state index < -0.39 is 5.67 Å². The highest BCUT2D eigenvalue weighted by atomic mass is 35.5. The van der Waals surface area contributed by atoms with Crippen LogP contribution in [0, 0.1) is 12.3 Å². The van der Waals surface area contributed by atoms with Crippen LogP contribution in [0.1, 0.15) is 35.7 Å². The van der Waals surface area contributed by atoms with Gasteiger partial charge in [-0.1, -0.05) is 23.7 Å². The maximum Gasteiger partial charge on any atom is 0.257 e. The molecule has 128 valence electrons. The van der Waals surface area contributed by atoms with Crippen molar-refractivity contribution in [1.82, 2.24) is 20.8 Å². The van der Waals surface area contributed by atoms with Crippen molar-refractivity contribution in [2.45, 2.75) is 25.4 Å². The molecule has 7 heteroatoms. The number of benzene rings is 1. The first-order valence-electron chi connectivity index (χ1n) is 8.13. The van der Waals surface area contributed by atoms with E-state index in [-0.39, 0.29) is 17.2 Å². The second kappa shape index (κ2) is 5.51. The van der Waals surface area contributed by atoms with Gasteiger partial charge in [0, 0.05) is 36.6 Å². The molecule has 0 radical (unpaired) electrons. The van der Waals surface area contributed by atoms with Crippen molar-refractivity contribution in [3.63, 3.8) is 0 Å². The third-order valence-electron chi connectivity index (χ3n) is 5.37. The lowest BCUT2D eigenvalue weighted by atomic mass is 9.73. The third-order valence-corrected chi connectivity index (χ3v) is 5.78. The summed E-state index contributed by atoms with van der Waals surface area (Å²) in [6.45, 7) is 6.85. The van der Waals surface area contributed by atoms with Crippen molar-refractivity contribution < 1.29 is 8.81 Å². The van der Waals surface area contributed by atoms with Crippen molar-refractivity contribution in [2.75, 3.05) is 26.2 Å². The number of nitrogens with one attached hydrogen (secondary N) is 2. The first-order chi connectivity index (χ1) is 11.4. The van der Waals surface area contributed by atoms with E-state index in [1.54, 1.807) is 18.2 Å². The molecule has 5 nitrogen and oxygen atoms in total. The van der Waals surface area contributed by atoms with E-state index in [2.05, 4.69) is 20.8 Å². The Labute approximate surface area is 145 Å². The Morgan fingerprint density at radius 3 is 2.71 bits per heavy atom. The molecule has 1 aromatic carbocycles. The first kappa shape index (κ1) is 16.0. The van der Waals surface area contributed by atoms with Gasteiger partial charge in [-0.3, -0.25) is 0 Å². The minimum Gasteiger partial charge on any atom is -0.421 e. The van der Waals surface area contributed by atoms with Gasteiger partial charge in [0.15, 0.2) is 0 Å². The van der Waals surface area contributed by atoms with Crippen LogP contribution < -0.4 is 10.6 Å². The maximum atomic E-state index is 15.4. The molecular weight excluding hydrogens is 331 g/mol. The normalized spacial score (nSPS) is 24.8. The standard InChI is InChI=1S/C17H20ClFN4O/c1-10-3-4-11(5-13(10)18)16(2,19)15-23-22-14(24-15)12-6-20-7-17(12)8-21-9-17/h3-5,12,20-21H,6-9H2,1-2H3. The number of hydrogen-bond acceptors (Lipinski definition) is 5. The van der Waals surface area contributed by atoms with Crippen molar-refractivity contribution in [1.29, 1.82) is 0 Å². The SMILES string of the molecule is Cc1ccc(C(C)(F)c2nnc(C3CNCC34CNC4)o2)cc1Cl. The molecule has 2 fully saturated rings. The fourth-order valence-electron chi connectivity index (χ4n) is 3.55. The molecule has 1 spiro atoms. The van der Waals surface area contributed by atoms with Gasteiger partial charge >= 0.3 is 0 Å². The zero-order chi connectivity index (χ0) is 16.9. The highest BCUT2D eigenvalue weighted by Crippen LogP contribution is 2.43. The van der Waals surface area contributed by atoms with Crippen LogP contribution in [0.3, 0.4) is 0 Å². The Morgan fingerprint density at radius 1 is 1.29 bits per heavy atom. The van der Waals surface area contributed by atoms with E-state index in [1.165, 1.54) is 6.92 Å². The summed E-state index contributed by atoms with van der Waals surface area (Å²) in [5.74, 6) is 0.614. The van der Waals surface area contributed by atoms with Crippen molar-refractivity contribution in [3.8, 4) is 0 Å². The number of halogens is 2. The largest absolute Gasteiger partial charge is 0.421 e. The van der Waals surface area contributed by atoms with Gasteiger partial charge in [-0.05, 0) is 31.0 Å². The predicted octanol–water partition coefficient (Wildman–Crippen LogP) is 2.54. The molecule has 2 unspecified atom stereocenters. The van der Waals surface area contributed by atoms with Crippen LogP contribution in [0.25, 0.3) is 0 Å². The van der Waals surface area contributed by atoms with Gasteiger partial charge in [0.2, 0.25) is 11.6 Å². The fraction of sp³-hybridized carbons (Fsp3) is 0.529. The van der Waals surface area contributed by atoms with E-state index in [0.717, 1.165) is 31.7 Å². The molecule has 3 heterocycles. The number of nitrogens with zero attached hydrogens (tertiary/aromatic N) is 2. The quantitative estimate of drug-likeness (QED) is 0.890. The minimum atomic E-state index is -1.88. The van der Waals surface area contributed by atoms with E-state index in [1.807, 2.05) is 6.92 Å². The van der Waals surface area contributed by atoms with E-state index in [0.29, 0.717) is 16.5 Å². The molecule has 2 aromatic rings. The van der Waals surface area contributed by atoms with E-state index in [9.17, 15) is 0 Å². The highest BCUT2D eigenvalue weighted by molar-refractivity contribution is 6.31. The molecule has 2 N–H and O–H groups in total. The summed E-state index contributed by atoms with van der Waals surface area (Å²) in [5.41, 5.74) is -0.444. The molecule has 4 rings (SSSR count). The number of alkyl halides is 1. The van der Waals surface area contributed by atoms with Crippen LogP contribution in [0.4, 0.5) is 4.39 Å². The zero-order valence-electron chi connectivity index (χ0n) is 13.7. The second-order valence-electron chi connectivity index (χ2n) is 7.06. The lowest BCUT2D eigenvalue weighted by Gasteiger charge is -2.42. The summed E-state index contributed by atoms with van der Waals surface area (Å²) in [6, 6.07) is 5.12. The fourth-order valence-corrected chi connectivity index (χ4v) is 3.73. The summed E-state index contributed by atoms with van der Waals surface area (Å²) in [7, 11) is 0. The number of aromatic nitrogens is 2. The molecule has 24 heavy (non-hydrogen) atoms. The molecule has 1 aromatic heterocycles. The van der Waals surface area contributed by atoms with Crippen LogP contribution >= 0.6 is 11.6 Å². The smallest absolute Gasteiger partial charge is 0.257 e. The molecule has 0 amide bonds. The van der Waals surface area contributed by atoms with Gasteiger partial charge in [0.1, 0.15) is 0 Å². The minimum absolute atomic E-state index is 0.0215. The summed E-state index contributed by atoms with van der Waals surface area (Å²) in [4.78, 5) is 0. The third kappa shape index (κ3) is 2.36. The number of hydrogen-bond donors (Lipinski definition) is 2. The van der Waals surface area contributed by atoms with Crippen LogP contribution in [-0.2, 0) is 5.67 Å².